The van der Waals surface area contributed by atoms with Crippen LogP contribution in [-0.2, 0) is 0 Å². The summed E-state index contributed by atoms with van der Waals surface area (Å²) in [6, 6.07) is 44.9. The Hall–Kier alpha value is -4.82. The summed E-state index contributed by atoms with van der Waals surface area (Å²) in [7, 11) is 0. The van der Waals surface area contributed by atoms with E-state index in [1.807, 2.05) is 0 Å². The summed E-state index contributed by atoms with van der Waals surface area (Å²) in [5.41, 5.74) is 4.97. The van der Waals surface area contributed by atoms with Gasteiger partial charge in [0.05, 0.1) is 13.2 Å². The zero-order chi connectivity index (χ0) is 38.4. The maximum atomic E-state index is 6.25. The molecule has 0 atom stereocenters. The molecule has 0 radical (unpaired) electrons. The summed E-state index contributed by atoms with van der Waals surface area (Å²) < 4.78 is 12.5. The number of benzene rings is 7. The topological polar surface area (TPSA) is 18.5 Å². The normalized spacial score (nSPS) is 11.6. The number of unbranched alkanes of at least 4 members (excludes halogenated alkanes) is 14. The summed E-state index contributed by atoms with van der Waals surface area (Å²) in [6.07, 6.45) is 20.9. The molecule has 0 saturated carbocycles. The Morgan fingerprint density at radius 3 is 1.07 bits per heavy atom. The molecule has 0 spiro atoms. The smallest absolute Gasteiger partial charge is 0.119 e. The molecule has 0 fully saturated rings. The Bertz CT molecular complexity index is 2120. The fraction of sp³-hybridized carbons (Fsp3) is 0.370. The third-order valence-electron chi connectivity index (χ3n) is 11.7. The lowest BCUT2D eigenvalue weighted by Gasteiger charge is -2.19. The summed E-state index contributed by atoms with van der Waals surface area (Å²) in [4.78, 5) is 0. The maximum absolute atomic E-state index is 6.25. The highest BCUT2D eigenvalue weighted by molar-refractivity contribution is 6.24. The van der Waals surface area contributed by atoms with Crippen LogP contribution in [-0.4, -0.2) is 13.2 Å². The minimum Gasteiger partial charge on any atom is -0.494 e. The third kappa shape index (κ3) is 9.94. The fourth-order valence-electron chi connectivity index (χ4n) is 8.52. The van der Waals surface area contributed by atoms with Gasteiger partial charge in [0.25, 0.3) is 0 Å². The predicted molar refractivity (Wildman–Crippen MR) is 244 cm³/mol. The zero-order valence-corrected chi connectivity index (χ0v) is 34.1. The Balaban J connectivity index is 1.17. The van der Waals surface area contributed by atoms with Gasteiger partial charge in [-0.1, -0.05) is 177 Å². The Morgan fingerprint density at radius 2 is 0.679 bits per heavy atom. The van der Waals surface area contributed by atoms with Crippen LogP contribution in [0, 0.1) is 0 Å². The van der Waals surface area contributed by atoms with E-state index in [0.29, 0.717) is 0 Å². The largest absolute Gasteiger partial charge is 0.494 e. The average Bonchev–Trinajstić information content (AvgIpc) is 3.23. The van der Waals surface area contributed by atoms with Crippen molar-refractivity contribution < 1.29 is 9.47 Å². The lowest BCUT2D eigenvalue weighted by molar-refractivity contribution is 0.304. The molecule has 0 bridgehead atoms. The van der Waals surface area contributed by atoms with Crippen molar-refractivity contribution >= 4 is 43.1 Å². The minimum atomic E-state index is 0.776. The van der Waals surface area contributed by atoms with Gasteiger partial charge in [0, 0.05) is 0 Å². The summed E-state index contributed by atoms with van der Waals surface area (Å²) in [5.74, 6) is 1.90. The molecular formula is C54H62O2. The first-order chi connectivity index (χ1) is 27.7. The van der Waals surface area contributed by atoms with Crippen molar-refractivity contribution in [2.45, 2.75) is 117 Å². The van der Waals surface area contributed by atoms with Crippen LogP contribution in [0.5, 0.6) is 11.5 Å². The predicted octanol–water partition coefficient (Wildman–Crippen LogP) is 16.7. The SMILES string of the molecule is CCCCCCCCCCOc1ccc(-c2c3ccccc3c(-c3ccc(OCCCCCCCCCC)cc3)c3cc4cc5ccccc5cc4cc23)cc1. The number of rotatable bonds is 22. The molecule has 0 aromatic heterocycles. The van der Waals surface area contributed by atoms with Gasteiger partial charge >= 0.3 is 0 Å². The van der Waals surface area contributed by atoms with E-state index in [1.54, 1.807) is 0 Å². The van der Waals surface area contributed by atoms with Crippen molar-refractivity contribution in [2.24, 2.45) is 0 Å². The lowest BCUT2D eigenvalue weighted by atomic mass is 9.84. The number of fused-ring (bicyclic) bond motifs is 4. The monoisotopic (exact) mass is 742 g/mol. The zero-order valence-electron chi connectivity index (χ0n) is 34.1. The Labute approximate surface area is 336 Å². The highest BCUT2D eigenvalue weighted by Crippen LogP contribution is 2.45. The molecule has 290 valence electrons. The first-order valence-corrected chi connectivity index (χ1v) is 22.0. The van der Waals surface area contributed by atoms with Gasteiger partial charge in [-0.05, 0) is 127 Å². The van der Waals surface area contributed by atoms with Gasteiger partial charge < -0.3 is 9.47 Å². The second-order valence-electron chi connectivity index (χ2n) is 15.9. The molecule has 56 heavy (non-hydrogen) atoms. The number of ether oxygens (including phenoxy) is 2. The molecule has 7 aromatic carbocycles. The molecule has 0 saturated heterocycles. The van der Waals surface area contributed by atoms with Crippen LogP contribution in [0.4, 0.5) is 0 Å². The highest BCUT2D eigenvalue weighted by Gasteiger charge is 2.18. The Morgan fingerprint density at radius 1 is 0.321 bits per heavy atom. The molecule has 0 aliphatic rings. The average molecular weight is 743 g/mol. The standard InChI is InChI=1S/C54H62O2/c1-3-5-7-9-11-13-15-21-35-55-47-31-27-41(28-32-47)53-49-25-19-20-26-50(49)54(42-29-33-48(34-30-42)56-36-22-16-14-12-10-8-6-4-2)52-40-46-38-44-24-18-17-23-43(44)37-45(46)39-51(52)53/h17-20,23-34,37-40H,3-16,21-22,35-36H2,1-2H3. The maximum Gasteiger partial charge on any atom is 0.119 e. The van der Waals surface area contributed by atoms with Crippen molar-refractivity contribution in [3.63, 3.8) is 0 Å². The van der Waals surface area contributed by atoms with E-state index < -0.39 is 0 Å². The molecule has 7 rings (SSSR count). The summed E-state index contributed by atoms with van der Waals surface area (Å²) in [5, 5.41) is 10.1. The molecule has 0 aliphatic carbocycles. The molecule has 0 N–H and O–H groups in total. The van der Waals surface area contributed by atoms with Gasteiger partial charge in [-0.15, -0.1) is 0 Å². The van der Waals surface area contributed by atoms with Crippen LogP contribution in [0.2, 0.25) is 0 Å². The van der Waals surface area contributed by atoms with E-state index in [1.165, 1.54) is 155 Å². The van der Waals surface area contributed by atoms with Gasteiger partial charge in [0.15, 0.2) is 0 Å². The van der Waals surface area contributed by atoms with Gasteiger partial charge in [-0.2, -0.15) is 0 Å². The first-order valence-electron chi connectivity index (χ1n) is 22.0. The molecular weight excluding hydrogens is 681 g/mol. The van der Waals surface area contributed by atoms with E-state index in [4.69, 9.17) is 9.47 Å². The fourth-order valence-corrected chi connectivity index (χ4v) is 8.52. The Kier molecular flexibility index (Phi) is 14.3. The van der Waals surface area contributed by atoms with Crippen molar-refractivity contribution in [1.29, 1.82) is 0 Å². The molecule has 0 amide bonds. The van der Waals surface area contributed by atoms with E-state index >= 15 is 0 Å². The molecule has 0 aliphatic heterocycles. The van der Waals surface area contributed by atoms with Gasteiger partial charge in [0.1, 0.15) is 11.5 Å². The quantitative estimate of drug-likeness (QED) is 0.0508. The minimum absolute atomic E-state index is 0.776. The van der Waals surface area contributed by atoms with Crippen molar-refractivity contribution in [1.82, 2.24) is 0 Å². The van der Waals surface area contributed by atoms with Crippen LogP contribution in [0.25, 0.3) is 65.3 Å². The second-order valence-corrected chi connectivity index (χ2v) is 15.9. The van der Waals surface area contributed by atoms with Crippen LogP contribution in [0.15, 0.2) is 121 Å². The second kappa shape index (κ2) is 20.4. The summed E-state index contributed by atoms with van der Waals surface area (Å²) >= 11 is 0. The van der Waals surface area contributed by atoms with E-state index in [0.717, 1.165) is 37.6 Å². The van der Waals surface area contributed by atoms with Crippen LogP contribution in [0.1, 0.15) is 117 Å². The number of hydrogen-bond donors (Lipinski definition) is 0. The van der Waals surface area contributed by atoms with Gasteiger partial charge in [-0.25, -0.2) is 0 Å². The van der Waals surface area contributed by atoms with Crippen molar-refractivity contribution in [3.05, 3.63) is 121 Å². The van der Waals surface area contributed by atoms with Gasteiger partial charge in [-0.3, -0.25) is 0 Å². The van der Waals surface area contributed by atoms with E-state index in [-0.39, 0.29) is 0 Å². The van der Waals surface area contributed by atoms with Crippen LogP contribution >= 0.6 is 0 Å². The lowest BCUT2D eigenvalue weighted by Crippen LogP contribution is -1.98. The highest BCUT2D eigenvalue weighted by atomic mass is 16.5. The van der Waals surface area contributed by atoms with Crippen LogP contribution < -0.4 is 9.47 Å². The first kappa shape index (κ1) is 39.4. The van der Waals surface area contributed by atoms with Crippen LogP contribution in [0.3, 0.4) is 0 Å². The van der Waals surface area contributed by atoms with Crippen molar-refractivity contribution in [3.8, 4) is 33.8 Å². The van der Waals surface area contributed by atoms with Gasteiger partial charge in [0.2, 0.25) is 0 Å². The van der Waals surface area contributed by atoms with Crippen molar-refractivity contribution in [2.75, 3.05) is 13.2 Å². The van der Waals surface area contributed by atoms with E-state index in [9.17, 15) is 0 Å². The molecule has 7 aromatic rings. The van der Waals surface area contributed by atoms with E-state index in [2.05, 4.69) is 135 Å². The summed E-state index contributed by atoms with van der Waals surface area (Å²) in [6.45, 7) is 6.11. The molecule has 2 heteroatoms. The third-order valence-corrected chi connectivity index (χ3v) is 11.7. The molecule has 0 unspecified atom stereocenters. The number of hydrogen-bond acceptors (Lipinski definition) is 2. The molecule has 0 heterocycles. The molecule has 2 nitrogen and oxygen atoms in total.